The number of hydrogen-bond acceptors (Lipinski definition) is 4. The Morgan fingerprint density at radius 2 is 1.59 bits per heavy atom. The maximum absolute atomic E-state index is 13.2. The van der Waals surface area contributed by atoms with E-state index in [-0.39, 0.29) is 18.5 Å². The summed E-state index contributed by atoms with van der Waals surface area (Å²) in [7, 11) is 0. The Morgan fingerprint density at radius 1 is 0.889 bits per heavy atom. The van der Waals surface area contributed by atoms with Crippen LogP contribution in [0.5, 0.6) is 17.2 Å². The zero-order valence-electron chi connectivity index (χ0n) is 14.8. The predicted molar refractivity (Wildman–Crippen MR) is 101 cm³/mol. The molecule has 0 saturated carbocycles. The lowest BCUT2D eigenvalue weighted by atomic mass is 9.84. The largest absolute Gasteiger partial charge is 0.481 e. The van der Waals surface area contributed by atoms with Gasteiger partial charge in [0.2, 0.25) is 12.6 Å². The van der Waals surface area contributed by atoms with Crippen LogP contribution in [0.25, 0.3) is 0 Å². The summed E-state index contributed by atoms with van der Waals surface area (Å²) in [5.74, 6) is 1.81. The molecule has 0 bridgehead atoms. The lowest BCUT2D eigenvalue weighted by molar-refractivity contribution is 0.0806. The van der Waals surface area contributed by atoms with E-state index in [2.05, 4.69) is 24.3 Å². The van der Waals surface area contributed by atoms with Crippen molar-refractivity contribution in [2.24, 2.45) is 0 Å². The quantitative estimate of drug-likeness (QED) is 0.647. The highest BCUT2D eigenvalue weighted by atomic mass is 16.7. The molecule has 2 atom stereocenters. The molecule has 3 aromatic rings. The predicted octanol–water partition coefficient (Wildman–Crippen LogP) is 4.50. The van der Waals surface area contributed by atoms with Crippen LogP contribution < -0.4 is 14.2 Å². The van der Waals surface area contributed by atoms with Crippen LogP contribution in [0, 0.1) is 6.92 Å². The van der Waals surface area contributed by atoms with E-state index in [0.717, 1.165) is 11.1 Å². The number of fused-ring (bicyclic) bond motifs is 2. The highest BCUT2D eigenvalue weighted by Crippen LogP contribution is 2.49. The Balaban J connectivity index is 1.62. The normalized spacial score (nSPS) is 19.4. The van der Waals surface area contributed by atoms with E-state index in [1.165, 1.54) is 5.56 Å². The van der Waals surface area contributed by atoms with Gasteiger partial charge in [-0.15, -0.1) is 0 Å². The first-order valence-electron chi connectivity index (χ1n) is 8.97. The summed E-state index contributed by atoms with van der Waals surface area (Å²) in [6, 6.07) is 21.3. The topological polar surface area (TPSA) is 44.8 Å². The molecule has 0 amide bonds. The minimum atomic E-state index is -0.618. The van der Waals surface area contributed by atoms with Crippen LogP contribution in [-0.2, 0) is 0 Å². The number of carbonyl (C=O) groups is 1. The van der Waals surface area contributed by atoms with E-state index in [4.69, 9.17) is 14.2 Å². The van der Waals surface area contributed by atoms with Gasteiger partial charge in [0, 0.05) is 17.2 Å². The molecule has 2 aliphatic rings. The van der Waals surface area contributed by atoms with Gasteiger partial charge in [0.1, 0.15) is 5.75 Å². The van der Waals surface area contributed by atoms with Crippen molar-refractivity contribution in [1.82, 2.24) is 0 Å². The Kier molecular flexibility index (Phi) is 3.64. The molecule has 134 valence electrons. The van der Waals surface area contributed by atoms with E-state index in [1.807, 2.05) is 49.4 Å². The maximum atomic E-state index is 13.2. The summed E-state index contributed by atoms with van der Waals surface area (Å²) in [5.41, 5.74) is 3.83. The summed E-state index contributed by atoms with van der Waals surface area (Å²) < 4.78 is 17.2. The van der Waals surface area contributed by atoms with Gasteiger partial charge in [-0.3, -0.25) is 4.79 Å². The van der Waals surface area contributed by atoms with Crippen molar-refractivity contribution in [2.75, 3.05) is 6.79 Å². The first-order valence-corrected chi connectivity index (χ1v) is 8.97. The molecule has 0 aliphatic carbocycles. The summed E-state index contributed by atoms with van der Waals surface area (Å²) in [4.78, 5) is 13.2. The summed E-state index contributed by atoms with van der Waals surface area (Å²) in [5, 5.41) is 0. The van der Waals surface area contributed by atoms with Crippen molar-refractivity contribution in [1.29, 1.82) is 0 Å². The van der Waals surface area contributed by atoms with Crippen molar-refractivity contribution >= 4 is 5.78 Å². The van der Waals surface area contributed by atoms with Crippen molar-refractivity contribution in [3.63, 3.8) is 0 Å². The van der Waals surface area contributed by atoms with E-state index in [9.17, 15) is 4.79 Å². The zero-order chi connectivity index (χ0) is 18.4. The van der Waals surface area contributed by atoms with Crippen molar-refractivity contribution in [3.8, 4) is 17.2 Å². The molecule has 0 saturated heterocycles. The molecule has 2 aliphatic heterocycles. The van der Waals surface area contributed by atoms with E-state index in [0.29, 0.717) is 22.8 Å². The van der Waals surface area contributed by atoms with Gasteiger partial charge < -0.3 is 14.2 Å². The second-order valence-corrected chi connectivity index (χ2v) is 6.90. The van der Waals surface area contributed by atoms with Crippen molar-refractivity contribution in [2.45, 2.75) is 18.9 Å². The molecule has 0 fully saturated rings. The smallest absolute Gasteiger partial charge is 0.231 e. The standard InChI is InChI=1S/C23H18O4/c1-14-7-9-15(10-8-14)21-17-11-19-20(26-13-25-19)12-18(17)27-23(21)22(24)16-5-3-2-4-6-16/h2-12,21,23H,13H2,1H3/t21-,23-/m1/s1. The van der Waals surface area contributed by atoms with Gasteiger partial charge in [0.05, 0.1) is 5.92 Å². The Hall–Kier alpha value is -3.27. The molecule has 5 rings (SSSR count). The van der Waals surface area contributed by atoms with Crippen molar-refractivity contribution < 1.29 is 19.0 Å². The van der Waals surface area contributed by atoms with Gasteiger partial charge in [-0.2, -0.15) is 0 Å². The Bertz CT molecular complexity index is 1010. The van der Waals surface area contributed by atoms with E-state index in [1.54, 1.807) is 0 Å². The Labute approximate surface area is 157 Å². The molecular formula is C23H18O4. The Morgan fingerprint density at radius 3 is 2.33 bits per heavy atom. The number of carbonyl (C=O) groups excluding carboxylic acids is 1. The minimum absolute atomic E-state index is 0.0284. The molecule has 2 heterocycles. The van der Waals surface area contributed by atoms with E-state index >= 15 is 0 Å². The number of hydrogen-bond donors (Lipinski definition) is 0. The fraction of sp³-hybridized carbons (Fsp3) is 0.174. The molecular weight excluding hydrogens is 340 g/mol. The van der Waals surface area contributed by atoms with Gasteiger partial charge in [-0.1, -0.05) is 60.2 Å². The summed E-state index contributed by atoms with van der Waals surface area (Å²) in [6.07, 6.45) is -0.618. The van der Waals surface area contributed by atoms with Crippen LogP contribution in [0.3, 0.4) is 0 Å². The number of benzene rings is 3. The average molecular weight is 358 g/mol. The van der Waals surface area contributed by atoms with Crippen molar-refractivity contribution in [3.05, 3.63) is 89.0 Å². The number of ketones is 1. The molecule has 4 heteroatoms. The number of aryl methyl sites for hydroxylation is 1. The van der Waals surface area contributed by atoms with Crippen LogP contribution >= 0.6 is 0 Å². The van der Waals surface area contributed by atoms with Gasteiger partial charge in [-0.25, -0.2) is 0 Å². The third-order valence-corrected chi connectivity index (χ3v) is 5.15. The van der Waals surface area contributed by atoms with Gasteiger partial charge in [0.25, 0.3) is 0 Å². The molecule has 27 heavy (non-hydrogen) atoms. The zero-order valence-corrected chi connectivity index (χ0v) is 14.8. The third kappa shape index (κ3) is 2.65. The maximum Gasteiger partial charge on any atom is 0.231 e. The monoisotopic (exact) mass is 358 g/mol. The molecule has 0 radical (unpaired) electrons. The lowest BCUT2D eigenvalue weighted by Crippen LogP contribution is -2.30. The van der Waals surface area contributed by atoms with Crippen LogP contribution in [-0.4, -0.2) is 18.7 Å². The SMILES string of the molecule is Cc1ccc([C@@H]2c3cc4c(cc3O[C@H]2C(=O)c2ccccc2)OCO4)cc1. The molecule has 0 spiro atoms. The summed E-state index contributed by atoms with van der Waals surface area (Å²) in [6.45, 7) is 2.26. The molecule has 0 N–H and O–H groups in total. The fourth-order valence-corrected chi connectivity index (χ4v) is 3.75. The van der Waals surface area contributed by atoms with Gasteiger partial charge in [-0.05, 0) is 18.6 Å². The second kappa shape index (κ2) is 6.16. The minimum Gasteiger partial charge on any atom is -0.481 e. The number of ether oxygens (including phenoxy) is 3. The number of Topliss-reactive ketones (excluding diaryl/α,β-unsaturated/α-hetero) is 1. The lowest BCUT2D eigenvalue weighted by Gasteiger charge is -2.19. The van der Waals surface area contributed by atoms with Gasteiger partial charge >= 0.3 is 0 Å². The van der Waals surface area contributed by atoms with E-state index < -0.39 is 6.10 Å². The number of rotatable bonds is 3. The third-order valence-electron chi connectivity index (χ3n) is 5.15. The highest BCUT2D eigenvalue weighted by Gasteiger charge is 2.42. The van der Waals surface area contributed by atoms with Gasteiger partial charge in [0.15, 0.2) is 17.6 Å². The molecule has 3 aromatic carbocycles. The molecule has 4 nitrogen and oxygen atoms in total. The average Bonchev–Trinajstić information content (AvgIpc) is 3.30. The fourth-order valence-electron chi connectivity index (χ4n) is 3.75. The second-order valence-electron chi connectivity index (χ2n) is 6.90. The first kappa shape index (κ1) is 15.9. The highest BCUT2D eigenvalue weighted by molar-refractivity contribution is 6.01. The first-order chi connectivity index (χ1) is 13.2. The van der Waals surface area contributed by atoms with Crippen LogP contribution in [0.15, 0.2) is 66.7 Å². The molecule has 0 aromatic heterocycles. The molecule has 0 unspecified atom stereocenters. The van der Waals surface area contributed by atoms with Crippen LogP contribution in [0.4, 0.5) is 0 Å². The van der Waals surface area contributed by atoms with Crippen LogP contribution in [0.1, 0.15) is 33.0 Å². The van der Waals surface area contributed by atoms with Crippen LogP contribution in [0.2, 0.25) is 0 Å². The summed E-state index contributed by atoms with van der Waals surface area (Å²) >= 11 is 0.